The third kappa shape index (κ3) is 1.78. The monoisotopic (exact) mass is 258 g/mol. The van der Waals surface area contributed by atoms with E-state index in [9.17, 15) is 10.2 Å². The highest BCUT2D eigenvalue weighted by Crippen LogP contribution is 2.43. The third-order valence-electron chi connectivity index (χ3n) is 4.98. The van der Waals surface area contributed by atoms with Crippen molar-refractivity contribution in [2.24, 2.45) is 5.92 Å². The molecule has 102 valence electrons. The first-order chi connectivity index (χ1) is 8.93. The third-order valence-corrected chi connectivity index (χ3v) is 4.98. The van der Waals surface area contributed by atoms with Gasteiger partial charge in [0.25, 0.3) is 0 Å². The average molecular weight is 258 g/mol. The number of hydrogen-bond donors (Lipinski definition) is 2. The molecule has 0 amide bonds. The summed E-state index contributed by atoms with van der Waals surface area (Å²) < 4.78 is 0. The molecule has 2 aliphatic rings. The summed E-state index contributed by atoms with van der Waals surface area (Å²) in [7, 11) is 0. The zero-order valence-electron chi connectivity index (χ0n) is 11.9. The first kappa shape index (κ1) is 12.9. The molecule has 0 radical (unpaired) electrons. The van der Waals surface area contributed by atoms with Crippen molar-refractivity contribution in [3.05, 3.63) is 40.5 Å². The van der Waals surface area contributed by atoms with Crippen molar-refractivity contribution < 1.29 is 10.2 Å². The summed E-state index contributed by atoms with van der Waals surface area (Å²) in [5.74, 6) is 0.330. The second-order valence-electron chi connectivity index (χ2n) is 6.58. The van der Waals surface area contributed by atoms with Gasteiger partial charge >= 0.3 is 0 Å². The lowest BCUT2D eigenvalue weighted by atomic mass is 9.69. The maximum Gasteiger partial charge on any atom is 0.0818 e. The van der Waals surface area contributed by atoms with Crippen LogP contribution in [0.3, 0.4) is 0 Å². The number of fused-ring (bicyclic) bond motifs is 3. The second kappa shape index (κ2) is 4.19. The Kier molecular flexibility index (Phi) is 2.84. The molecule has 3 rings (SSSR count). The van der Waals surface area contributed by atoms with E-state index in [1.54, 1.807) is 0 Å². The molecule has 0 saturated heterocycles. The van der Waals surface area contributed by atoms with E-state index in [1.165, 1.54) is 16.7 Å². The summed E-state index contributed by atoms with van der Waals surface area (Å²) in [6.07, 6.45) is 5.18. The largest absolute Gasteiger partial charge is 0.388 e. The van der Waals surface area contributed by atoms with E-state index < -0.39 is 6.10 Å². The first-order valence-electron chi connectivity index (χ1n) is 7.13. The molecule has 2 nitrogen and oxygen atoms in total. The fraction of sp³-hybridized carbons (Fsp3) is 0.529. The normalized spacial score (nSPS) is 31.7. The van der Waals surface area contributed by atoms with Gasteiger partial charge < -0.3 is 10.2 Å². The molecule has 0 fully saturated rings. The Morgan fingerprint density at radius 3 is 2.68 bits per heavy atom. The standard InChI is InChI=1S/C17H22O2/c1-10-4-5-11-12-7-9-15(18)17(2,3)14(12)8-6-13(11)16(10)19/h6-10,15-16,18-19H,4-5H2,1-3H3. The topological polar surface area (TPSA) is 40.5 Å². The lowest BCUT2D eigenvalue weighted by molar-refractivity contribution is 0.103. The van der Waals surface area contributed by atoms with E-state index in [2.05, 4.69) is 32.9 Å². The molecule has 2 heteroatoms. The fourth-order valence-electron chi connectivity index (χ4n) is 3.41. The van der Waals surface area contributed by atoms with Crippen LogP contribution in [0.5, 0.6) is 0 Å². The summed E-state index contributed by atoms with van der Waals surface area (Å²) in [4.78, 5) is 0. The minimum atomic E-state index is -0.439. The minimum Gasteiger partial charge on any atom is -0.388 e. The Morgan fingerprint density at radius 1 is 1.21 bits per heavy atom. The van der Waals surface area contributed by atoms with E-state index in [0.717, 1.165) is 18.4 Å². The number of rotatable bonds is 0. The van der Waals surface area contributed by atoms with Gasteiger partial charge in [0.05, 0.1) is 12.2 Å². The number of benzene rings is 1. The van der Waals surface area contributed by atoms with Gasteiger partial charge in [-0.2, -0.15) is 0 Å². The summed E-state index contributed by atoms with van der Waals surface area (Å²) in [6, 6.07) is 4.14. The molecule has 2 aliphatic carbocycles. The van der Waals surface area contributed by atoms with Crippen molar-refractivity contribution >= 4 is 6.08 Å². The second-order valence-corrected chi connectivity index (χ2v) is 6.58. The van der Waals surface area contributed by atoms with Crippen LogP contribution in [0, 0.1) is 5.92 Å². The molecule has 2 N–H and O–H groups in total. The molecular formula is C17H22O2. The summed E-state index contributed by atoms with van der Waals surface area (Å²) >= 11 is 0. The predicted octanol–water partition coefficient (Wildman–Crippen LogP) is 2.97. The Balaban J connectivity index is 2.19. The van der Waals surface area contributed by atoms with E-state index in [1.807, 2.05) is 12.2 Å². The molecular weight excluding hydrogens is 236 g/mol. The van der Waals surface area contributed by atoms with Gasteiger partial charge in [-0.15, -0.1) is 0 Å². The molecule has 1 aromatic carbocycles. The van der Waals surface area contributed by atoms with Crippen molar-refractivity contribution in [1.29, 1.82) is 0 Å². The van der Waals surface area contributed by atoms with E-state index in [-0.39, 0.29) is 11.5 Å². The van der Waals surface area contributed by atoms with Crippen molar-refractivity contribution in [3.8, 4) is 0 Å². The summed E-state index contributed by atoms with van der Waals surface area (Å²) in [6.45, 7) is 6.26. The van der Waals surface area contributed by atoms with E-state index >= 15 is 0 Å². The predicted molar refractivity (Wildman–Crippen MR) is 77.0 cm³/mol. The highest BCUT2D eigenvalue weighted by Gasteiger charge is 2.36. The van der Waals surface area contributed by atoms with Crippen molar-refractivity contribution in [2.45, 2.75) is 51.2 Å². The minimum absolute atomic E-state index is 0.257. The molecule has 3 atom stereocenters. The Labute approximate surface area is 114 Å². The lowest BCUT2D eigenvalue weighted by Gasteiger charge is -2.37. The Morgan fingerprint density at radius 2 is 1.95 bits per heavy atom. The van der Waals surface area contributed by atoms with Gasteiger partial charge in [0.15, 0.2) is 0 Å². The first-order valence-corrected chi connectivity index (χ1v) is 7.13. The van der Waals surface area contributed by atoms with Gasteiger partial charge in [-0.1, -0.05) is 45.1 Å². The van der Waals surface area contributed by atoms with Crippen molar-refractivity contribution in [3.63, 3.8) is 0 Å². The summed E-state index contributed by atoms with van der Waals surface area (Å²) in [5, 5.41) is 20.5. The van der Waals surface area contributed by atoms with Crippen LogP contribution in [0.4, 0.5) is 0 Å². The van der Waals surface area contributed by atoms with Gasteiger partial charge in [0.2, 0.25) is 0 Å². The Bertz CT molecular complexity index is 542. The Hall–Kier alpha value is -1.12. The van der Waals surface area contributed by atoms with Gasteiger partial charge in [-0.3, -0.25) is 0 Å². The lowest BCUT2D eigenvalue weighted by Crippen LogP contribution is -2.35. The molecule has 0 aliphatic heterocycles. The maximum atomic E-state index is 10.3. The summed E-state index contributed by atoms with van der Waals surface area (Å²) in [5.41, 5.74) is 4.52. The van der Waals surface area contributed by atoms with E-state index in [4.69, 9.17) is 0 Å². The fourth-order valence-corrected chi connectivity index (χ4v) is 3.41. The molecule has 0 spiro atoms. The number of hydrogen-bond acceptors (Lipinski definition) is 2. The van der Waals surface area contributed by atoms with Gasteiger partial charge in [-0.05, 0) is 41.0 Å². The highest BCUT2D eigenvalue weighted by atomic mass is 16.3. The van der Waals surface area contributed by atoms with Crippen LogP contribution < -0.4 is 0 Å². The van der Waals surface area contributed by atoms with Crippen LogP contribution in [-0.2, 0) is 11.8 Å². The smallest absolute Gasteiger partial charge is 0.0818 e. The van der Waals surface area contributed by atoms with Crippen LogP contribution in [-0.4, -0.2) is 16.3 Å². The van der Waals surface area contributed by atoms with E-state index in [0.29, 0.717) is 5.92 Å². The van der Waals surface area contributed by atoms with Gasteiger partial charge in [-0.25, -0.2) is 0 Å². The SMILES string of the molecule is CC1CCc2c(ccc3c2C=CC(O)C3(C)C)C1O. The number of aliphatic hydroxyl groups is 2. The molecule has 0 saturated carbocycles. The maximum absolute atomic E-state index is 10.3. The van der Waals surface area contributed by atoms with Crippen LogP contribution >= 0.6 is 0 Å². The average Bonchev–Trinajstić information content (AvgIpc) is 2.38. The zero-order chi connectivity index (χ0) is 13.8. The van der Waals surface area contributed by atoms with Gasteiger partial charge in [0.1, 0.15) is 0 Å². The highest BCUT2D eigenvalue weighted by molar-refractivity contribution is 5.66. The van der Waals surface area contributed by atoms with Crippen molar-refractivity contribution in [2.75, 3.05) is 0 Å². The quantitative estimate of drug-likeness (QED) is 0.751. The molecule has 0 aromatic heterocycles. The van der Waals surface area contributed by atoms with Crippen molar-refractivity contribution in [1.82, 2.24) is 0 Å². The molecule has 0 bridgehead atoms. The molecule has 1 aromatic rings. The van der Waals surface area contributed by atoms with Crippen LogP contribution in [0.1, 0.15) is 55.5 Å². The molecule has 0 heterocycles. The number of aliphatic hydroxyl groups excluding tert-OH is 2. The van der Waals surface area contributed by atoms with Crippen LogP contribution in [0.25, 0.3) is 6.08 Å². The molecule has 19 heavy (non-hydrogen) atoms. The molecule has 3 unspecified atom stereocenters. The van der Waals surface area contributed by atoms with Gasteiger partial charge in [0, 0.05) is 5.41 Å². The van der Waals surface area contributed by atoms with Crippen LogP contribution in [0.2, 0.25) is 0 Å². The van der Waals surface area contributed by atoms with Crippen LogP contribution in [0.15, 0.2) is 18.2 Å². The zero-order valence-corrected chi connectivity index (χ0v) is 11.9.